The summed E-state index contributed by atoms with van der Waals surface area (Å²) in [6, 6.07) is 2.01. The average Bonchev–Trinajstić information content (AvgIpc) is 2.68. The molecule has 1 aliphatic heterocycles. The van der Waals surface area contributed by atoms with Crippen LogP contribution in [0.25, 0.3) is 5.65 Å². The summed E-state index contributed by atoms with van der Waals surface area (Å²) in [5.74, 6) is 0.309. The van der Waals surface area contributed by atoms with Gasteiger partial charge in [-0.05, 0) is 18.6 Å². The van der Waals surface area contributed by atoms with Crippen molar-refractivity contribution in [1.82, 2.24) is 14.6 Å². The Morgan fingerprint density at radius 3 is 2.88 bits per heavy atom. The molecule has 90 valence electrons. The molecule has 0 saturated carbocycles. The van der Waals surface area contributed by atoms with Crippen molar-refractivity contribution in [2.75, 3.05) is 36.9 Å². The van der Waals surface area contributed by atoms with E-state index < -0.39 is 0 Å². The van der Waals surface area contributed by atoms with E-state index in [2.05, 4.69) is 21.9 Å². The van der Waals surface area contributed by atoms with Crippen LogP contribution in [0.5, 0.6) is 0 Å². The number of rotatable bonds is 1. The first kappa shape index (κ1) is 10.3. The van der Waals surface area contributed by atoms with Crippen molar-refractivity contribution in [2.45, 2.75) is 6.92 Å². The number of ether oxygens (including phenoxy) is 1. The summed E-state index contributed by atoms with van der Waals surface area (Å²) >= 11 is 0. The molecule has 1 saturated heterocycles. The van der Waals surface area contributed by atoms with Gasteiger partial charge in [0.15, 0.2) is 5.65 Å². The molecule has 2 N–H and O–H groups in total. The number of hydrogen-bond donors (Lipinski definition) is 1. The highest BCUT2D eigenvalue weighted by atomic mass is 16.5. The molecule has 6 nitrogen and oxygen atoms in total. The zero-order chi connectivity index (χ0) is 11.8. The predicted molar refractivity (Wildman–Crippen MR) is 65.2 cm³/mol. The first-order valence-corrected chi connectivity index (χ1v) is 5.69. The SMILES string of the molecule is Cc1cc2nc(N)nn2cc1N1CCOCC1. The first-order valence-electron chi connectivity index (χ1n) is 5.69. The maximum atomic E-state index is 5.59. The van der Waals surface area contributed by atoms with Crippen LogP contribution in [0.15, 0.2) is 12.3 Å². The molecule has 0 aliphatic carbocycles. The maximum Gasteiger partial charge on any atom is 0.240 e. The van der Waals surface area contributed by atoms with Crippen LogP contribution in [0.3, 0.4) is 0 Å². The smallest absolute Gasteiger partial charge is 0.240 e. The van der Waals surface area contributed by atoms with E-state index in [1.54, 1.807) is 4.52 Å². The molecule has 0 radical (unpaired) electrons. The van der Waals surface area contributed by atoms with Crippen LogP contribution >= 0.6 is 0 Å². The van der Waals surface area contributed by atoms with E-state index >= 15 is 0 Å². The molecule has 0 amide bonds. The second-order valence-corrected chi connectivity index (χ2v) is 4.21. The van der Waals surface area contributed by atoms with Crippen molar-refractivity contribution in [3.05, 3.63) is 17.8 Å². The lowest BCUT2D eigenvalue weighted by atomic mass is 10.2. The van der Waals surface area contributed by atoms with Gasteiger partial charge in [0.2, 0.25) is 5.95 Å². The Labute approximate surface area is 99.0 Å². The van der Waals surface area contributed by atoms with Gasteiger partial charge in [0, 0.05) is 13.1 Å². The third kappa shape index (κ3) is 1.80. The highest BCUT2D eigenvalue weighted by Crippen LogP contribution is 2.22. The number of nitrogen functional groups attached to an aromatic ring is 1. The van der Waals surface area contributed by atoms with Crippen LogP contribution in [0.4, 0.5) is 11.6 Å². The first-order chi connectivity index (χ1) is 8.24. The van der Waals surface area contributed by atoms with E-state index in [0.717, 1.165) is 32.0 Å². The van der Waals surface area contributed by atoms with Gasteiger partial charge < -0.3 is 15.4 Å². The van der Waals surface area contributed by atoms with E-state index in [-0.39, 0.29) is 0 Å². The Morgan fingerprint density at radius 1 is 1.35 bits per heavy atom. The molecule has 6 heteroatoms. The molecule has 2 aromatic heterocycles. The van der Waals surface area contributed by atoms with Gasteiger partial charge in [0.1, 0.15) is 0 Å². The monoisotopic (exact) mass is 233 g/mol. The molecule has 17 heavy (non-hydrogen) atoms. The highest BCUT2D eigenvalue weighted by Gasteiger charge is 2.15. The molecular weight excluding hydrogens is 218 g/mol. The summed E-state index contributed by atoms with van der Waals surface area (Å²) in [4.78, 5) is 6.45. The zero-order valence-electron chi connectivity index (χ0n) is 9.76. The lowest BCUT2D eigenvalue weighted by Crippen LogP contribution is -2.36. The Balaban J connectivity index is 2.05. The van der Waals surface area contributed by atoms with Crippen LogP contribution in [0, 0.1) is 6.92 Å². The van der Waals surface area contributed by atoms with Crippen LogP contribution in [-0.2, 0) is 4.74 Å². The van der Waals surface area contributed by atoms with Crippen molar-refractivity contribution in [3.8, 4) is 0 Å². The van der Waals surface area contributed by atoms with Gasteiger partial charge >= 0.3 is 0 Å². The minimum atomic E-state index is 0.309. The largest absolute Gasteiger partial charge is 0.378 e. The summed E-state index contributed by atoms with van der Waals surface area (Å²) in [6.45, 7) is 5.46. The van der Waals surface area contributed by atoms with Gasteiger partial charge in [0.05, 0.1) is 25.1 Å². The van der Waals surface area contributed by atoms with Crippen molar-refractivity contribution in [3.63, 3.8) is 0 Å². The fourth-order valence-electron chi connectivity index (χ4n) is 2.17. The topological polar surface area (TPSA) is 68.7 Å². The number of aryl methyl sites for hydroxylation is 1. The summed E-state index contributed by atoms with van der Waals surface area (Å²) in [7, 11) is 0. The number of hydrogen-bond acceptors (Lipinski definition) is 5. The summed E-state index contributed by atoms with van der Waals surface area (Å²) in [6.07, 6.45) is 1.99. The van der Waals surface area contributed by atoms with E-state index in [4.69, 9.17) is 10.5 Å². The molecule has 3 rings (SSSR count). The Morgan fingerprint density at radius 2 is 2.12 bits per heavy atom. The molecule has 0 atom stereocenters. The fourth-order valence-corrected chi connectivity index (χ4v) is 2.17. The summed E-state index contributed by atoms with van der Waals surface area (Å²) in [5, 5.41) is 4.14. The minimum Gasteiger partial charge on any atom is -0.378 e. The lowest BCUT2D eigenvalue weighted by molar-refractivity contribution is 0.122. The van der Waals surface area contributed by atoms with E-state index in [1.165, 1.54) is 11.3 Å². The van der Waals surface area contributed by atoms with Gasteiger partial charge in [-0.3, -0.25) is 0 Å². The predicted octanol–water partition coefficient (Wildman–Crippen LogP) is 0.457. The normalized spacial score (nSPS) is 16.6. The molecule has 1 fully saturated rings. The van der Waals surface area contributed by atoms with Gasteiger partial charge in [-0.1, -0.05) is 0 Å². The van der Waals surface area contributed by atoms with Crippen molar-refractivity contribution >= 4 is 17.3 Å². The summed E-state index contributed by atoms with van der Waals surface area (Å²) < 4.78 is 7.09. The third-order valence-corrected chi connectivity index (χ3v) is 3.02. The van der Waals surface area contributed by atoms with Gasteiger partial charge in [-0.15, -0.1) is 5.10 Å². The van der Waals surface area contributed by atoms with E-state index in [0.29, 0.717) is 5.95 Å². The number of pyridine rings is 1. The quantitative estimate of drug-likeness (QED) is 0.774. The Kier molecular flexibility index (Phi) is 2.36. The van der Waals surface area contributed by atoms with Crippen molar-refractivity contribution in [1.29, 1.82) is 0 Å². The molecule has 0 aromatic carbocycles. The van der Waals surface area contributed by atoms with Gasteiger partial charge in [-0.25, -0.2) is 4.52 Å². The Hall–Kier alpha value is -1.82. The number of nitrogens with zero attached hydrogens (tertiary/aromatic N) is 4. The molecule has 2 aromatic rings. The summed E-state index contributed by atoms with van der Waals surface area (Å²) in [5.41, 5.74) is 8.74. The molecular formula is C11H15N5O. The van der Waals surface area contributed by atoms with Crippen LogP contribution in [0.2, 0.25) is 0 Å². The number of nitrogens with two attached hydrogens (primary N) is 1. The molecule has 3 heterocycles. The molecule has 1 aliphatic rings. The fraction of sp³-hybridized carbons (Fsp3) is 0.455. The van der Waals surface area contributed by atoms with Crippen molar-refractivity contribution < 1.29 is 4.74 Å². The standard InChI is InChI=1S/C11H15N5O/c1-8-6-10-13-11(12)14-16(10)7-9(8)15-2-4-17-5-3-15/h6-7H,2-5H2,1H3,(H2,12,14). The number of morpholine rings is 1. The van der Waals surface area contributed by atoms with Crippen LogP contribution < -0.4 is 10.6 Å². The third-order valence-electron chi connectivity index (χ3n) is 3.02. The Bertz CT molecular complexity index is 544. The second-order valence-electron chi connectivity index (χ2n) is 4.21. The zero-order valence-corrected chi connectivity index (χ0v) is 9.76. The molecule has 0 spiro atoms. The van der Waals surface area contributed by atoms with Crippen LogP contribution in [0.1, 0.15) is 5.56 Å². The lowest BCUT2D eigenvalue weighted by Gasteiger charge is -2.29. The highest BCUT2D eigenvalue weighted by molar-refractivity contribution is 5.58. The number of aromatic nitrogens is 3. The average molecular weight is 233 g/mol. The van der Waals surface area contributed by atoms with Gasteiger partial charge in [0.25, 0.3) is 0 Å². The van der Waals surface area contributed by atoms with E-state index in [9.17, 15) is 0 Å². The van der Waals surface area contributed by atoms with E-state index in [1.807, 2.05) is 12.3 Å². The molecule has 0 bridgehead atoms. The number of anilines is 2. The van der Waals surface area contributed by atoms with Gasteiger partial charge in [-0.2, -0.15) is 4.98 Å². The second kappa shape index (κ2) is 3.89. The minimum absolute atomic E-state index is 0.309. The van der Waals surface area contributed by atoms with Crippen LogP contribution in [-0.4, -0.2) is 40.9 Å². The van der Waals surface area contributed by atoms with Crippen molar-refractivity contribution in [2.24, 2.45) is 0 Å². The number of fused-ring (bicyclic) bond motifs is 1. The maximum absolute atomic E-state index is 5.59. The molecule has 0 unspecified atom stereocenters.